The molecule has 0 aromatic heterocycles. The average Bonchev–Trinajstić information content (AvgIpc) is 3.00. The summed E-state index contributed by atoms with van der Waals surface area (Å²) in [4.78, 5) is 37.5. The van der Waals surface area contributed by atoms with Gasteiger partial charge in [0.15, 0.2) is 11.5 Å². The Labute approximate surface area is 245 Å². The Balaban J connectivity index is 1.50. The molecule has 0 spiro atoms. The van der Waals surface area contributed by atoms with Crippen LogP contribution in [-0.2, 0) is 40.4 Å². The van der Waals surface area contributed by atoms with E-state index in [0.29, 0.717) is 30.3 Å². The minimum absolute atomic E-state index is 0.125. The Bertz CT molecular complexity index is 1460. The first kappa shape index (κ1) is 29.9. The number of ether oxygens (including phenoxy) is 2. The first-order chi connectivity index (χ1) is 20.4. The molecule has 0 unspecified atom stereocenters. The molecular formula is C34H35N3O5. The van der Waals surface area contributed by atoms with Gasteiger partial charge in [-0.05, 0) is 34.4 Å². The molecule has 8 heteroatoms. The zero-order valence-electron chi connectivity index (χ0n) is 23.5. The van der Waals surface area contributed by atoms with Gasteiger partial charge in [0.2, 0.25) is 17.7 Å². The molecule has 0 aliphatic rings. The number of nitrogens with one attached hydrogen (secondary N) is 2. The van der Waals surface area contributed by atoms with E-state index in [9.17, 15) is 14.4 Å². The Morgan fingerprint density at radius 2 is 1.12 bits per heavy atom. The smallest absolute Gasteiger partial charge is 0.243 e. The van der Waals surface area contributed by atoms with Gasteiger partial charge in [0, 0.05) is 19.8 Å². The molecule has 0 radical (unpaired) electrons. The van der Waals surface area contributed by atoms with Crippen molar-refractivity contribution >= 4 is 17.7 Å². The largest absolute Gasteiger partial charge is 0.485 e. The van der Waals surface area contributed by atoms with Crippen LogP contribution in [0.4, 0.5) is 0 Å². The molecule has 0 fully saturated rings. The van der Waals surface area contributed by atoms with Gasteiger partial charge in [-0.2, -0.15) is 0 Å². The maximum Gasteiger partial charge on any atom is 0.243 e. The Morgan fingerprint density at radius 1 is 0.619 bits per heavy atom. The second kappa shape index (κ2) is 15.0. The summed E-state index contributed by atoms with van der Waals surface area (Å²) < 4.78 is 12.2. The van der Waals surface area contributed by atoms with Crippen molar-refractivity contribution < 1.29 is 23.9 Å². The van der Waals surface area contributed by atoms with E-state index in [1.807, 2.05) is 97.1 Å². The zero-order valence-corrected chi connectivity index (χ0v) is 23.5. The molecule has 0 bridgehead atoms. The van der Waals surface area contributed by atoms with E-state index in [-0.39, 0.29) is 18.7 Å². The number of primary amides is 1. The molecule has 0 saturated heterocycles. The SMILES string of the molecule is CC(=O)N[C@@H](Cc1ccccc1)C(=O)N[C@H](Cc1ccc(OCc2ccccc2)c(OCc2ccccc2)c1)C(N)=O. The van der Waals surface area contributed by atoms with E-state index in [2.05, 4.69) is 10.6 Å². The summed E-state index contributed by atoms with van der Waals surface area (Å²) in [5.41, 5.74) is 9.29. The van der Waals surface area contributed by atoms with E-state index in [4.69, 9.17) is 15.2 Å². The quantitative estimate of drug-likeness (QED) is 0.213. The molecule has 0 aliphatic heterocycles. The fourth-order valence-corrected chi connectivity index (χ4v) is 4.42. The summed E-state index contributed by atoms with van der Waals surface area (Å²) in [6.07, 6.45) is 0.391. The number of amides is 3. The van der Waals surface area contributed by atoms with Crippen LogP contribution in [0.3, 0.4) is 0 Å². The van der Waals surface area contributed by atoms with E-state index in [1.165, 1.54) is 6.92 Å². The lowest BCUT2D eigenvalue weighted by Gasteiger charge is -2.22. The molecule has 0 heterocycles. The second-order valence-corrected chi connectivity index (χ2v) is 9.94. The van der Waals surface area contributed by atoms with Crippen molar-refractivity contribution in [1.29, 1.82) is 0 Å². The predicted octanol–water partition coefficient (Wildman–Crippen LogP) is 4.10. The first-order valence-corrected chi connectivity index (χ1v) is 13.7. The van der Waals surface area contributed by atoms with Gasteiger partial charge in [0.25, 0.3) is 0 Å². The summed E-state index contributed by atoms with van der Waals surface area (Å²) in [6, 6.07) is 32.4. The number of carbonyl (C=O) groups excluding carboxylic acids is 3. The number of carbonyl (C=O) groups is 3. The monoisotopic (exact) mass is 565 g/mol. The number of rotatable bonds is 14. The van der Waals surface area contributed by atoms with Crippen LogP contribution in [-0.4, -0.2) is 29.8 Å². The van der Waals surface area contributed by atoms with Crippen LogP contribution in [0, 0.1) is 0 Å². The van der Waals surface area contributed by atoms with Crippen molar-refractivity contribution in [3.63, 3.8) is 0 Å². The number of nitrogens with two attached hydrogens (primary N) is 1. The molecule has 2 atom stereocenters. The lowest BCUT2D eigenvalue weighted by molar-refractivity contribution is -0.130. The van der Waals surface area contributed by atoms with Crippen molar-refractivity contribution in [1.82, 2.24) is 10.6 Å². The van der Waals surface area contributed by atoms with Crippen LogP contribution in [0.15, 0.2) is 109 Å². The lowest BCUT2D eigenvalue weighted by atomic mass is 10.0. The zero-order chi connectivity index (χ0) is 29.7. The van der Waals surface area contributed by atoms with Gasteiger partial charge >= 0.3 is 0 Å². The third-order valence-electron chi connectivity index (χ3n) is 6.56. The van der Waals surface area contributed by atoms with Gasteiger partial charge in [-0.15, -0.1) is 0 Å². The van der Waals surface area contributed by atoms with E-state index < -0.39 is 23.9 Å². The summed E-state index contributed by atoms with van der Waals surface area (Å²) in [7, 11) is 0. The molecule has 4 aromatic rings. The summed E-state index contributed by atoms with van der Waals surface area (Å²) in [6.45, 7) is 2.02. The highest BCUT2D eigenvalue weighted by molar-refractivity contribution is 5.91. The lowest BCUT2D eigenvalue weighted by Crippen LogP contribution is -2.54. The van der Waals surface area contributed by atoms with Gasteiger partial charge in [-0.25, -0.2) is 0 Å². The topological polar surface area (TPSA) is 120 Å². The van der Waals surface area contributed by atoms with Gasteiger partial charge in [0.05, 0.1) is 0 Å². The standard InChI is InChI=1S/C34H35N3O5/c1-24(38)36-30(19-25-11-5-2-6-12-25)34(40)37-29(33(35)39)20-28-17-18-31(41-22-26-13-7-3-8-14-26)32(21-28)42-23-27-15-9-4-10-16-27/h2-18,21,29-30H,19-20,22-23H2,1H3,(H2,35,39)(H,36,38)(H,37,40)/t29-,30+/m1/s1. The van der Waals surface area contributed by atoms with E-state index in [1.54, 1.807) is 12.1 Å². The van der Waals surface area contributed by atoms with Crippen LogP contribution in [0.1, 0.15) is 29.2 Å². The third-order valence-corrected chi connectivity index (χ3v) is 6.56. The van der Waals surface area contributed by atoms with Crippen LogP contribution in [0.5, 0.6) is 11.5 Å². The van der Waals surface area contributed by atoms with Crippen LogP contribution < -0.4 is 25.8 Å². The average molecular weight is 566 g/mol. The number of hydrogen-bond donors (Lipinski definition) is 3. The number of hydrogen-bond acceptors (Lipinski definition) is 5. The molecule has 0 saturated carbocycles. The summed E-state index contributed by atoms with van der Waals surface area (Å²) in [5, 5.41) is 5.40. The molecule has 8 nitrogen and oxygen atoms in total. The predicted molar refractivity (Wildman–Crippen MR) is 161 cm³/mol. The molecule has 4 aromatic carbocycles. The molecular weight excluding hydrogens is 530 g/mol. The molecule has 0 aliphatic carbocycles. The second-order valence-electron chi connectivity index (χ2n) is 9.94. The van der Waals surface area contributed by atoms with Crippen LogP contribution >= 0.6 is 0 Å². The highest BCUT2D eigenvalue weighted by atomic mass is 16.5. The fraction of sp³-hybridized carbons (Fsp3) is 0.206. The minimum Gasteiger partial charge on any atom is -0.485 e. The number of benzene rings is 4. The van der Waals surface area contributed by atoms with Crippen molar-refractivity contribution in [2.45, 2.75) is 45.1 Å². The maximum absolute atomic E-state index is 13.2. The fourth-order valence-electron chi connectivity index (χ4n) is 4.42. The third kappa shape index (κ3) is 9.23. The minimum atomic E-state index is -1.01. The highest BCUT2D eigenvalue weighted by Gasteiger charge is 2.26. The van der Waals surface area contributed by atoms with Crippen molar-refractivity contribution in [2.24, 2.45) is 5.73 Å². The highest BCUT2D eigenvalue weighted by Crippen LogP contribution is 2.30. The Kier molecular flexibility index (Phi) is 10.7. The van der Waals surface area contributed by atoms with Gasteiger partial charge in [-0.1, -0.05) is 97.1 Å². The molecule has 216 valence electrons. The Morgan fingerprint density at radius 3 is 1.64 bits per heavy atom. The Hall–Kier alpha value is -5.11. The maximum atomic E-state index is 13.2. The normalized spacial score (nSPS) is 12.0. The van der Waals surface area contributed by atoms with Gasteiger partial charge < -0.3 is 25.8 Å². The first-order valence-electron chi connectivity index (χ1n) is 13.7. The van der Waals surface area contributed by atoms with Crippen molar-refractivity contribution in [3.8, 4) is 11.5 Å². The molecule has 4 rings (SSSR count). The van der Waals surface area contributed by atoms with Crippen LogP contribution in [0.25, 0.3) is 0 Å². The van der Waals surface area contributed by atoms with Gasteiger partial charge in [0.1, 0.15) is 25.3 Å². The van der Waals surface area contributed by atoms with Crippen molar-refractivity contribution in [3.05, 3.63) is 131 Å². The van der Waals surface area contributed by atoms with Gasteiger partial charge in [-0.3, -0.25) is 14.4 Å². The van der Waals surface area contributed by atoms with E-state index >= 15 is 0 Å². The summed E-state index contributed by atoms with van der Waals surface area (Å²) in [5.74, 6) is -0.496. The summed E-state index contributed by atoms with van der Waals surface area (Å²) >= 11 is 0. The molecule has 3 amide bonds. The molecule has 4 N–H and O–H groups in total. The van der Waals surface area contributed by atoms with Crippen molar-refractivity contribution in [2.75, 3.05) is 0 Å². The van der Waals surface area contributed by atoms with E-state index in [0.717, 1.165) is 16.7 Å². The molecule has 42 heavy (non-hydrogen) atoms. The van der Waals surface area contributed by atoms with Crippen LogP contribution in [0.2, 0.25) is 0 Å².